The van der Waals surface area contributed by atoms with Gasteiger partial charge in [0.1, 0.15) is 0 Å². The van der Waals surface area contributed by atoms with Crippen molar-refractivity contribution >= 4 is 17.7 Å². The molecule has 0 aromatic heterocycles. The molecule has 23 heavy (non-hydrogen) atoms. The van der Waals surface area contributed by atoms with E-state index in [1.165, 1.54) is 32.1 Å². The molecule has 1 aliphatic carbocycles. The van der Waals surface area contributed by atoms with E-state index < -0.39 is 6.10 Å². The Morgan fingerprint density at radius 1 is 1.26 bits per heavy atom. The molecule has 5 heteroatoms. The summed E-state index contributed by atoms with van der Waals surface area (Å²) in [6.07, 6.45) is 6.21. The Morgan fingerprint density at radius 3 is 2.65 bits per heavy atom. The molecule has 0 unspecified atom stereocenters. The van der Waals surface area contributed by atoms with Crippen molar-refractivity contribution in [2.45, 2.75) is 50.4 Å². The Balaban J connectivity index is 1.68. The van der Waals surface area contributed by atoms with Crippen LogP contribution in [0.4, 0.5) is 0 Å². The first-order valence-electron chi connectivity index (χ1n) is 8.39. The van der Waals surface area contributed by atoms with E-state index in [4.69, 9.17) is 9.47 Å². The summed E-state index contributed by atoms with van der Waals surface area (Å²) in [6, 6.07) is 7.37. The minimum Gasteiger partial charge on any atom is -0.493 e. The van der Waals surface area contributed by atoms with Gasteiger partial charge in [-0.2, -0.15) is 11.8 Å². The standard InChI is InChI=1S/C18H27NO3S/c1-14(22-17-11-7-6-10-16(17)21-2)18(20)19-12-13-23-15-8-4-3-5-9-15/h6-7,10-11,14-15H,3-5,8-9,12-13H2,1-2H3,(H,19,20)/t14-/m1/s1. The molecule has 1 aromatic carbocycles. The van der Waals surface area contributed by atoms with Gasteiger partial charge >= 0.3 is 0 Å². The van der Waals surface area contributed by atoms with Crippen LogP contribution in [0.1, 0.15) is 39.0 Å². The zero-order chi connectivity index (χ0) is 16.5. The number of carbonyl (C=O) groups is 1. The van der Waals surface area contributed by atoms with Gasteiger partial charge in [0.15, 0.2) is 17.6 Å². The maximum atomic E-state index is 12.1. The second kappa shape index (κ2) is 9.71. The number of nitrogens with one attached hydrogen (secondary N) is 1. The highest BCUT2D eigenvalue weighted by atomic mass is 32.2. The molecule has 2 rings (SSSR count). The summed E-state index contributed by atoms with van der Waals surface area (Å²) in [6.45, 7) is 2.45. The van der Waals surface area contributed by atoms with Crippen LogP contribution in [0.15, 0.2) is 24.3 Å². The molecule has 0 aliphatic heterocycles. The van der Waals surface area contributed by atoms with Crippen molar-refractivity contribution in [2.75, 3.05) is 19.4 Å². The number of rotatable bonds is 8. The summed E-state index contributed by atoms with van der Waals surface area (Å²) in [5.41, 5.74) is 0. The van der Waals surface area contributed by atoms with Gasteiger partial charge in [0, 0.05) is 17.5 Å². The van der Waals surface area contributed by atoms with Crippen LogP contribution in [0.25, 0.3) is 0 Å². The first kappa shape index (κ1) is 18.0. The topological polar surface area (TPSA) is 47.6 Å². The molecule has 1 N–H and O–H groups in total. The zero-order valence-corrected chi connectivity index (χ0v) is 14.9. The summed E-state index contributed by atoms with van der Waals surface area (Å²) in [5.74, 6) is 2.12. The van der Waals surface area contributed by atoms with Crippen molar-refractivity contribution < 1.29 is 14.3 Å². The summed E-state index contributed by atoms with van der Waals surface area (Å²) in [4.78, 5) is 12.1. The summed E-state index contributed by atoms with van der Waals surface area (Å²) in [5, 5.41) is 3.73. The number of hydrogen-bond acceptors (Lipinski definition) is 4. The maximum Gasteiger partial charge on any atom is 0.260 e. The molecule has 128 valence electrons. The Kier molecular flexibility index (Phi) is 7.59. The smallest absolute Gasteiger partial charge is 0.260 e. The number of thioether (sulfide) groups is 1. The number of carbonyl (C=O) groups excluding carboxylic acids is 1. The predicted molar refractivity (Wildman–Crippen MR) is 95.4 cm³/mol. The fraction of sp³-hybridized carbons (Fsp3) is 0.611. The fourth-order valence-electron chi connectivity index (χ4n) is 2.74. The van der Waals surface area contributed by atoms with E-state index in [9.17, 15) is 4.79 Å². The molecule has 1 aliphatic rings. The van der Waals surface area contributed by atoms with Gasteiger partial charge in [0.25, 0.3) is 5.91 Å². The second-order valence-corrected chi connectivity index (χ2v) is 7.24. The molecule has 1 fully saturated rings. The van der Waals surface area contributed by atoms with E-state index in [0.717, 1.165) is 11.0 Å². The highest BCUT2D eigenvalue weighted by Crippen LogP contribution is 2.28. The predicted octanol–water partition coefficient (Wildman–Crippen LogP) is 3.64. The Bertz CT molecular complexity index is 489. The molecule has 1 saturated carbocycles. The molecular weight excluding hydrogens is 310 g/mol. The third-order valence-corrected chi connectivity index (χ3v) is 5.43. The van der Waals surface area contributed by atoms with E-state index in [1.807, 2.05) is 36.0 Å². The molecule has 0 bridgehead atoms. The van der Waals surface area contributed by atoms with Gasteiger partial charge in [0.2, 0.25) is 0 Å². The van der Waals surface area contributed by atoms with Gasteiger partial charge in [-0.1, -0.05) is 31.4 Å². The van der Waals surface area contributed by atoms with Crippen molar-refractivity contribution in [3.05, 3.63) is 24.3 Å². The summed E-state index contributed by atoms with van der Waals surface area (Å²) < 4.78 is 10.9. The highest BCUT2D eigenvalue weighted by molar-refractivity contribution is 7.99. The lowest BCUT2D eigenvalue weighted by Crippen LogP contribution is -2.37. The third-order valence-electron chi connectivity index (χ3n) is 4.05. The molecule has 1 aromatic rings. The lowest BCUT2D eigenvalue weighted by molar-refractivity contribution is -0.127. The fourth-order valence-corrected chi connectivity index (χ4v) is 3.96. The number of para-hydroxylation sites is 2. The Labute approximate surface area is 143 Å². The molecule has 0 saturated heterocycles. The quantitative estimate of drug-likeness (QED) is 0.736. The normalized spacial score (nSPS) is 16.6. The summed E-state index contributed by atoms with van der Waals surface area (Å²) >= 11 is 1.99. The minimum atomic E-state index is -0.536. The molecule has 1 atom stereocenters. The van der Waals surface area contributed by atoms with Gasteiger partial charge in [0.05, 0.1) is 7.11 Å². The summed E-state index contributed by atoms with van der Waals surface area (Å²) in [7, 11) is 1.59. The molecule has 0 spiro atoms. The van der Waals surface area contributed by atoms with E-state index in [2.05, 4.69) is 5.32 Å². The molecule has 1 amide bonds. The number of benzene rings is 1. The van der Waals surface area contributed by atoms with Crippen molar-refractivity contribution in [3.8, 4) is 11.5 Å². The zero-order valence-electron chi connectivity index (χ0n) is 14.0. The van der Waals surface area contributed by atoms with Gasteiger partial charge in [-0.15, -0.1) is 0 Å². The minimum absolute atomic E-state index is 0.0832. The first-order valence-corrected chi connectivity index (χ1v) is 9.44. The molecule has 0 heterocycles. The van der Waals surface area contributed by atoms with Crippen LogP contribution in [0.2, 0.25) is 0 Å². The number of ether oxygens (including phenoxy) is 2. The van der Waals surface area contributed by atoms with Crippen LogP contribution >= 0.6 is 11.8 Å². The van der Waals surface area contributed by atoms with Crippen LogP contribution in [-0.2, 0) is 4.79 Å². The number of amides is 1. The lowest BCUT2D eigenvalue weighted by Gasteiger charge is -2.21. The number of methoxy groups -OCH3 is 1. The van der Waals surface area contributed by atoms with Crippen LogP contribution in [0.5, 0.6) is 11.5 Å². The third kappa shape index (κ3) is 5.98. The molecule has 0 radical (unpaired) electrons. The van der Waals surface area contributed by atoms with Gasteiger partial charge in [-0.05, 0) is 31.9 Å². The van der Waals surface area contributed by atoms with Crippen molar-refractivity contribution in [1.82, 2.24) is 5.32 Å². The first-order chi connectivity index (χ1) is 11.2. The largest absolute Gasteiger partial charge is 0.493 e. The average Bonchev–Trinajstić information content (AvgIpc) is 2.60. The Morgan fingerprint density at radius 2 is 1.96 bits per heavy atom. The van der Waals surface area contributed by atoms with E-state index >= 15 is 0 Å². The van der Waals surface area contributed by atoms with E-state index in [0.29, 0.717) is 18.0 Å². The van der Waals surface area contributed by atoms with Crippen LogP contribution in [0, 0.1) is 0 Å². The van der Waals surface area contributed by atoms with Crippen molar-refractivity contribution in [3.63, 3.8) is 0 Å². The second-order valence-electron chi connectivity index (χ2n) is 5.83. The lowest BCUT2D eigenvalue weighted by atomic mass is 10.0. The van der Waals surface area contributed by atoms with Crippen LogP contribution in [-0.4, -0.2) is 36.7 Å². The maximum absolute atomic E-state index is 12.1. The molecule has 4 nitrogen and oxygen atoms in total. The van der Waals surface area contributed by atoms with Crippen molar-refractivity contribution in [2.24, 2.45) is 0 Å². The van der Waals surface area contributed by atoms with E-state index in [1.54, 1.807) is 14.0 Å². The van der Waals surface area contributed by atoms with Gasteiger partial charge < -0.3 is 14.8 Å². The van der Waals surface area contributed by atoms with Gasteiger partial charge in [-0.25, -0.2) is 0 Å². The van der Waals surface area contributed by atoms with Crippen molar-refractivity contribution in [1.29, 1.82) is 0 Å². The number of hydrogen-bond donors (Lipinski definition) is 1. The van der Waals surface area contributed by atoms with Crippen LogP contribution < -0.4 is 14.8 Å². The Hall–Kier alpha value is -1.36. The average molecular weight is 337 g/mol. The van der Waals surface area contributed by atoms with Crippen LogP contribution in [0.3, 0.4) is 0 Å². The van der Waals surface area contributed by atoms with E-state index in [-0.39, 0.29) is 5.91 Å². The monoisotopic (exact) mass is 337 g/mol. The molecular formula is C18H27NO3S. The van der Waals surface area contributed by atoms with Gasteiger partial charge in [-0.3, -0.25) is 4.79 Å². The SMILES string of the molecule is COc1ccccc1O[C@H](C)C(=O)NCCSC1CCCCC1. The highest BCUT2D eigenvalue weighted by Gasteiger charge is 2.17.